The van der Waals surface area contributed by atoms with Gasteiger partial charge in [-0.25, -0.2) is 8.42 Å². The van der Waals surface area contributed by atoms with Gasteiger partial charge in [-0.05, 0) is 54.8 Å². The van der Waals surface area contributed by atoms with Crippen LogP contribution in [0.15, 0.2) is 71.6 Å². The zero-order valence-electron chi connectivity index (χ0n) is 19.5. The van der Waals surface area contributed by atoms with E-state index in [4.69, 9.17) is 14.2 Å². The van der Waals surface area contributed by atoms with Crippen LogP contribution in [0.5, 0.6) is 17.2 Å². The molecule has 0 saturated heterocycles. The normalized spacial score (nSPS) is 12.0. The lowest BCUT2D eigenvalue weighted by Gasteiger charge is -2.20. The van der Waals surface area contributed by atoms with Crippen molar-refractivity contribution in [2.75, 3.05) is 26.6 Å². The van der Waals surface area contributed by atoms with Gasteiger partial charge in [0.25, 0.3) is 0 Å². The molecule has 3 aromatic rings. The van der Waals surface area contributed by atoms with E-state index in [1.165, 1.54) is 33.5 Å². The van der Waals surface area contributed by atoms with Crippen LogP contribution in [0.2, 0.25) is 0 Å². The molecule has 180 valence electrons. The molecule has 0 heterocycles. The maximum atomic E-state index is 13.2. The first kappa shape index (κ1) is 25.1. The Morgan fingerprint density at radius 1 is 0.853 bits per heavy atom. The fourth-order valence-electron chi connectivity index (χ4n) is 3.45. The Balaban J connectivity index is 1.89. The van der Waals surface area contributed by atoms with Crippen molar-refractivity contribution in [2.24, 2.45) is 0 Å². The van der Waals surface area contributed by atoms with E-state index in [0.717, 1.165) is 5.56 Å². The molecule has 0 aromatic heterocycles. The lowest BCUT2D eigenvalue weighted by molar-refractivity contribution is -0.117. The molecule has 0 radical (unpaired) electrons. The Labute approximate surface area is 199 Å². The van der Waals surface area contributed by atoms with Crippen molar-refractivity contribution in [3.8, 4) is 17.2 Å². The molecule has 1 amide bonds. The summed E-state index contributed by atoms with van der Waals surface area (Å²) >= 11 is 0. The average Bonchev–Trinajstić information content (AvgIpc) is 2.84. The number of hydrogen-bond donors (Lipinski definition) is 2. The minimum absolute atomic E-state index is 0.0442. The standard InChI is InChI=1S/C25H28N2O6S/c1-17-14-20(11-13-22(17)31-2)34(29,30)27-21(15-18-8-6-5-7-9-18)25(28)26-19-10-12-23(32-3)24(16-19)33-4/h5-14,16,21,27H,15H2,1-4H3,(H,26,28). The van der Waals surface area contributed by atoms with E-state index >= 15 is 0 Å². The lowest BCUT2D eigenvalue weighted by Crippen LogP contribution is -2.45. The summed E-state index contributed by atoms with van der Waals surface area (Å²) in [5.41, 5.74) is 1.92. The maximum Gasteiger partial charge on any atom is 0.242 e. The molecule has 0 aliphatic carbocycles. The molecule has 1 atom stereocenters. The summed E-state index contributed by atoms with van der Waals surface area (Å²) in [6.07, 6.45) is 0.161. The molecule has 0 bridgehead atoms. The molecule has 3 aromatic carbocycles. The van der Waals surface area contributed by atoms with Gasteiger partial charge in [-0.15, -0.1) is 0 Å². The molecule has 0 aliphatic rings. The van der Waals surface area contributed by atoms with E-state index in [-0.39, 0.29) is 11.3 Å². The Kier molecular flexibility index (Phi) is 8.14. The molecule has 3 rings (SSSR count). The second kappa shape index (κ2) is 11.0. The third-order valence-corrected chi connectivity index (χ3v) is 6.69. The number of nitrogens with one attached hydrogen (secondary N) is 2. The lowest BCUT2D eigenvalue weighted by atomic mass is 10.1. The van der Waals surface area contributed by atoms with Crippen LogP contribution in [0.1, 0.15) is 11.1 Å². The van der Waals surface area contributed by atoms with E-state index < -0.39 is 22.0 Å². The number of aryl methyl sites for hydroxylation is 1. The van der Waals surface area contributed by atoms with Crippen LogP contribution >= 0.6 is 0 Å². The molecular weight excluding hydrogens is 456 g/mol. The van der Waals surface area contributed by atoms with Crippen LogP contribution in [0.25, 0.3) is 0 Å². The average molecular weight is 485 g/mol. The molecule has 0 fully saturated rings. The van der Waals surface area contributed by atoms with Crippen molar-refractivity contribution in [1.82, 2.24) is 4.72 Å². The summed E-state index contributed by atoms with van der Waals surface area (Å²) in [7, 11) is 0.526. The van der Waals surface area contributed by atoms with Gasteiger partial charge in [0.1, 0.15) is 11.8 Å². The van der Waals surface area contributed by atoms with E-state index in [0.29, 0.717) is 28.5 Å². The first-order valence-corrected chi connectivity index (χ1v) is 12.0. The van der Waals surface area contributed by atoms with Crippen molar-refractivity contribution in [1.29, 1.82) is 0 Å². The number of benzene rings is 3. The van der Waals surface area contributed by atoms with E-state index in [9.17, 15) is 13.2 Å². The third-order valence-electron chi connectivity index (χ3n) is 5.22. The Morgan fingerprint density at radius 2 is 1.50 bits per heavy atom. The first-order valence-electron chi connectivity index (χ1n) is 10.5. The van der Waals surface area contributed by atoms with Crippen molar-refractivity contribution in [3.63, 3.8) is 0 Å². The van der Waals surface area contributed by atoms with Gasteiger partial charge in [-0.3, -0.25) is 4.79 Å². The molecule has 8 nitrogen and oxygen atoms in total. The smallest absolute Gasteiger partial charge is 0.242 e. The number of carbonyl (C=O) groups excluding carboxylic acids is 1. The zero-order valence-corrected chi connectivity index (χ0v) is 20.3. The summed E-state index contributed by atoms with van der Waals surface area (Å²) in [5, 5.41) is 2.77. The van der Waals surface area contributed by atoms with Gasteiger partial charge in [0.15, 0.2) is 11.5 Å². The van der Waals surface area contributed by atoms with Gasteiger partial charge in [0, 0.05) is 11.8 Å². The second-order valence-electron chi connectivity index (χ2n) is 7.55. The highest BCUT2D eigenvalue weighted by Gasteiger charge is 2.27. The summed E-state index contributed by atoms with van der Waals surface area (Å²) in [5.74, 6) is 1.02. The summed E-state index contributed by atoms with van der Waals surface area (Å²) in [4.78, 5) is 13.3. The first-order chi connectivity index (χ1) is 16.3. The SMILES string of the molecule is COc1ccc(S(=O)(=O)NC(Cc2ccccc2)C(=O)Nc2ccc(OC)c(OC)c2)cc1C. The number of rotatable bonds is 10. The quantitative estimate of drug-likeness (QED) is 0.456. The van der Waals surface area contributed by atoms with Gasteiger partial charge in [0.2, 0.25) is 15.9 Å². The van der Waals surface area contributed by atoms with E-state index in [1.807, 2.05) is 30.3 Å². The van der Waals surface area contributed by atoms with Gasteiger partial charge < -0.3 is 19.5 Å². The van der Waals surface area contributed by atoms with Crippen molar-refractivity contribution < 1.29 is 27.4 Å². The Hall–Kier alpha value is -3.56. The fraction of sp³-hybridized carbons (Fsp3) is 0.240. The topological polar surface area (TPSA) is 103 Å². The molecule has 0 saturated carbocycles. The van der Waals surface area contributed by atoms with E-state index in [2.05, 4.69) is 10.0 Å². The summed E-state index contributed by atoms with van der Waals surface area (Å²) in [6, 6.07) is 17.6. The number of hydrogen-bond acceptors (Lipinski definition) is 6. The predicted molar refractivity (Wildman–Crippen MR) is 130 cm³/mol. The summed E-state index contributed by atoms with van der Waals surface area (Å²) < 4.78 is 44.6. The van der Waals surface area contributed by atoms with Crippen LogP contribution in [0.3, 0.4) is 0 Å². The predicted octanol–water partition coefficient (Wildman–Crippen LogP) is 3.55. The number of carbonyl (C=O) groups is 1. The molecule has 9 heteroatoms. The largest absolute Gasteiger partial charge is 0.496 e. The Morgan fingerprint density at radius 3 is 2.12 bits per heavy atom. The monoisotopic (exact) mass is 484 g/mol. The van der Waals surface area contributed by atoms with Gasteiger partial charge in [0.05, 0.1) is 26.2 Å². The Bertz CT molecular complexity index is 1250. The number of sulfonamides is 1. The fourth-order valence-corrected chi connectivity index (χ4v) is 4.73. The highest BCUT2D eigenvalue weighted by molar-refractivity contribution is 7.89. The molecule has 0 spiro atoms. The number of methoxy groups -OCH3 is 3. The zero-order chi connectivity index (χ0) is 24.7. The minimum Gasteiger partial charge on any atom is -0.496 e. The van der Waals surface area contributed by atoms with Crippen LogP contribution in [0.4, 0.5) is 5.69 Å². The molecule has 0 aliphatic heterocycles. The summed E-state index contributed by atoms with van der Waals surface area (Å²) in [6.45, 7) is 1.75. The van der Waals surface area contributed by atoms with E-state index in [1.54, 1.807) is 31.2 Å². The van der Waals surface area contributed by atoms with Crippen molar-refractivity contribution in [2.45, 2.75) is 24.3 Å². The third kappa shape index (κ3) is 6.06. The second-order valence-corrected chi connectivity index (χ2v) is 9.27. The number of amides is 1. The molecular formula is C25H28N2O6S. The molecule has 34 heavy (non-hydrogen) atoms. The highest BCUT2D eigenvalue weighted by Crippen LogP contribution is 2.30. The highest BCUT2D eigenvalue weighted by atomic mass is 32.2. The molecule has 1 unspecified atom stereocenters. The maximum absolute atomic E-state index is 13.2. The van der Waals surface area contributed by atoms with Crippen LogP contribution < -0.4 is 24.2 Å². The van der Waals surface area contributed by atoms with Crippen LogP contribution in [-0.4, -0.2) is 41.7 Å². The minimum atomic E-state index is -4.00. The van der Waals surface area contributed by atoms with Gasteiger partial charge in [-0.2, -0.15) is 4.72 Å². The van der Waals surface area contributed by atoms with Crippen molar-refractivity contribution in [3.05, 3.63) is 77.9 Å². The number of anilines is 1. The number of ether oxygens (including phenoxy) is 3. The van der Waals surface area contributed by atoms with Crippen molar-refractivity contribution >= 4 is 21.6 Å². The van der Waals surface area contributed by atoms with Crippen LogP contribution in [0, 0.1) is 6.92 Å². The van der Waals surface area contributed by atoms with Gasteiger partial charge in [-0.1, -0.05) is 30.3 Å². The van der Waals surface area contributed by atoms with Gasteiger partial charge >= 0.3 is 0 Å². The molecule has 2 N–H and O–H groups in total. The van der Waals surface area contributed by atoms with Crippen LogP contribution in [-0.2, 0) is 21.2 Å².